The highest BCUT2D eigenvalue weighted by atomic mass is 16.5. The number of aliphatic hydroxyl groups excluding tert-OH is 2. The van der Waals surface area contributed by atoms with Gasteiger partial charge in [0.2, 0.25) is 5.91 Å². The van der Waals surface area contributed by atoms with Gasteiger partial charge in [0.05, 0.1) is 25.2 Å². The normalized spacial score (nSPS) is 13.3. The standard InChI is InChI=1S/C56H107NO5/c1-4-7-10-13-16-19-22-24-26-27-29-31-34-37-40-43-46-49-56(61)62-52(47-44-41-38-35-32-21-18-15-12-9-6-3)50-55(60)57-53(51-58)54(59)48-45-42-39-36-33-30-28-25-23-20-17-14-11-8-5-2/h35,38,44,47,52-54,58-59H,4-34,36-37,39-43,45-46,48-51H2,1-3H3,(H,57,60)/b38-35-,47-44+. The lowest BCUT2D eigenvalue weighted by molar-refractivity contribution is -0.148. The topological polar surface area (TPSA) is 95.9 Å². The number of amides is 1. The minimum absolute atomic E-state index is 0.0229. The lowest BCUT2D eigenvalue weighted by atomic mass is 10.0. The summed E-state index contributed by atoms with van der Waals surface area (Å²) in [6.45, 7) is 6.47. The molecule has 0 saturated heterocycles. The third-order valence-electron chi connectivity index (χ3n) is 12.8. The largest absolute Gasteiger partial charge is 0.458 e. The molecule has 62 heavy (non-hydrogen) atoms. The molecule has 0 aromatic carbocycles. The fraction of sp³-hybridized carbons (Fsp3) is 0.893. The van der Waals surface area contributed by atoms with Crippen LogP contribution in [0.25, 0.3) is 0 Å². The van der Waals surface area contributed by atoms with Crippen LogP contribution >= 0.6 is 0 Å². The summed E-state index contributed by atoms with van der Waals surface area (Å²) in [4.78, 5) is 26.1. The van der Waals surface area contributed by atoms with E-state index in [1.165, 1.54) is 205 Å². The first-order valence-electron chi connectivity index (χ1n) is 27.6. The van der Waals surface area contributed by atoms with Crippen molar-refractivity contribution in [1.29, 1.82) is 0 Å². The van der Waals surface area contributed by atoms with Crippen LogP contribution in [0.3, 0.4) is 0 Å². The molecule has 0 aliphatic carbocycles. The van der Waals surface area contributed by atoms with Crippen molar-refractivity contribution in [2.45, 2.75) is 315 Å². The highest BCUT2D eigenvalue weighted by molar-refractivity contribution is 5.78. The van der Waals surface area contributed by atoms with Crippen LogP contribution in [0, 0.1) is 0 Å². The van der Waals surface area contributed by atoms with Crippen molar-refractivity contribution in [2.24, 2.45) is 0 Å². The lowest BCUT2D eigenvalue weighted by Gasteiger charge is -2.23. The van der Waals surface area contributed by atoms with Crippen LogP contribution in [0.1, 0.15) is 297 Å². The lowest BCUT2D eigenvalue weighted by Crippen LogP contribution is -2.46. The Bertz CT molecular complexity index is 981. The number of unbranched alkanes of at least 4 members (excludes halogenated alkanes) is 36. The molecule has 3 N–H and O–H groups in total. The molecule has 0 bridgehead atoms. The second-order valence-corrected chi connectivity index (χ2v) is 19.0. The Labute approximate surface area is 386 Å². The van der Waals surface area contributed by atoms with E-state index in [1.807, 2.05) is 12.2 Å². The van der Waals surface area contributed by atoms with E-state index in [2.05, 4.69) is 38.2 Å². The second-order valence-electron chi connectivity index (χ2n) is 19.0. The molecule has 3 atom stereocenters. The van der Waals surface area contributed by atoms with E-state index < -0.39 is 18.2 Å². The molecule has 0 radical (unpaired) electrons. The molecule has 0 aromatic rings. The van der Waals surface area contributed by atoms with Crippen molar-refractivity contribution in [3.63, 3.8) is 0 Å². The maximum Gasteiger partial charge on any atom is 0.306 e. The molecule has 0 rings (SSSR count). The van der Waals surface area contributed by atoms with Gasteiger partial charge in [0.15, 0.2) is 0 Å². The van der Waals surface area contributed by atoms with E-state index in [-0.39, 0.29) is 24.9 Å². The number of allylic oxidation sites excluding steroid dienone is 3. The van der Waals surface area contributed by atoms with Crippen molar-refractivity contribution in [3.8, 4) is 0 Å². The van der Waals surface area contributed by atoms with Gasteiger partial charge in [-0.1, -0.05) is 270 Å². The Balaban J connectivity index is 4.50. The van der Waals surface area contributed by atoms with Crippen LogP contribution in [-0.2, 0) is 14.3 Å². The minimum atomic E-state index is -0.807. The van der Waals surface area contributed by atoms with Crippen LogP contribution in [0.2, 0.25) is 0 Å². The molecular weight excluding hydrogens is 767 g/mol. The molecule has 3 unspecified atom stereocenters. The Morgan fingerprint density at radius 1 is 0.484 bits per heavy atom. The van der Waals surface area contributed by atoms with Gasteiger partial charge in [0.1, 0.15) is 6.10 Å². The van der Waals surface area contributed by atoms with Crippen molar-refractivity contribution >= 4 is 11.9 Å². The number of hydrogen-bond donors (Lipinski definition) is 3. The zero-order valence-corrected chi connectivity index (χ0v) is 41.8. The van der Waals surface area contributed by atoms with Gasteiger partial charge in [-0.3, -0.25) is 9.59 Å². The summed E-state index contributed by atoms with van der Waals surface area (Å²) < 4.78 is 5.84. The maximum absolute atomic E-state index is 13.2. The molecule has 1 amide bonds. The average molecular weight is 874 g/mol. The van der Waals surface area contributed by atoms with Gasteiger partial charge in [-0.15, -0.1) is 0 Å². The average Bonchev–Trinajstić information content (AvgIpc) is 3.26. The molecule has 0 spiro atoms. The molecular formula is C56H107NO5. The number of esters is 1. The zero-order chi connectivity index (χ0) is 45.2. The maximum atomic E-state index is 13.2. The van der Waals surface area contributed by atoms with Crippen LogP contribution < -0.4 is 5.32 Å². The highest BCUT2D eigenvalue weighted by Crippen LogP contribution is 2.17. The molecule has 0 saturated carbocycles. The number of carbonyl (C=O) groups is 2. The van der Waals surface area contributed by atoms with Crippen LogP contribution in [0.4, 0.5) is 0 Å². The van der Waals surface area contributed by atoms with E-state index in [4.69, 9.17) is 4.74 Å². The first-order chi connectivity index (χ1) is 30.5. The van der Waals surface area contributed by atoms with E-state index in [0.29, 0.717) is 12.8 Å². The van der Waals surface area contributed by atoms with E-state index >= 15 is 0 Å². The van der Waals surface area contributed by atoms with E-state index in [1.54, 1.807) is 0 Å². The van der Waals surface area contributed by atoms with Gasteiger partial charge in [0.25, 0.3) is 0 Å². The van der Waals surface area contributed by atoms with Gasteiger partial charge in [-0.05, 0) is 38.2 Å². The SMILES string of the molecule is CCCCCCCC/C=C\C/C=C/C(CC(=O)NC(CO)C(O)CCCCCCCCCCCCCCCCC)OC(=O)CCCCCCCCCCCCCCCCCCC. The molecule has 366 valence electrons. The number of carbonyl (C=O) groups excluding carboxylic acids is 2. The second kappa shape index (κ2) is 50.3. The van der Waals surface area contributed by atoms with Crippen LogP contribution in [0.5, 0.6) is 0 Å². The Morgan fingerprint density at radius 3 is 1.26 bits per heavy atom. The summed E-state index contributed by atoms with van der Waals surface area (Å²) in [5.74, 6) is -0.586. The highest BCUT2D eigenvalue weighted by Gasteiger charge is 2.23. The molecule has 6 nitrogen and oxygen atoms in total. The Hall–Kier alpha value is -1.66. The van der Waals surface area contributed by atoms with Gasteiger partial charge in [0, 0.05) is 6.42 Å². The number of rotatable bonds is 50. The molecule has 0 aliphatic rings. The number of hydrogen-bond acceptors (Lipinski definition) is 5. The van der Waals surface area contributed by atoms with Gasteiger partial charge in [-0.2, -0.15) is 0 Å². The zero-order valence-electron chi connectivity index (χ0n) is 41.8. The third-order valence-corrected chi connectivity index (χ3v) is 12.8. The molecule has 0 aliphatic heterocycles. The molecule has 0 heterocycles. The first kappa shape index (κ1) is 60.3. The van der Waals surface area contributed by atoms with Gasteiger partial charge < -0.3 is 20.3 Å². The molecule has 0 aromatic heterocycles. The molecule has 6 heteroatoms. The summed E-state index contributed by atoms with van der Waals surface area (Å²) in [7, 11) is 0. The summed E-state index contributed by atoms with van der Waals surface area (Å²) in [6.07, 6.45) is 58.5. The van der Waals surface area contributed by atoms with Crippen molar-refractivity contribution in [3.05, 3.63) is 24.3 Å². The fourth-order valence-corrected chi connectivity index (χ4v) is 8.57. The fourth-order valence-electron chi connectivity index (χ4n) is 8.57. The monoisotopic (exact) mass is 874 g/mol. The predicted octanol–water partition coefficient (Wildman–Crippen LogP) is 16.7. The number of ether oxygens (including phenoxy) is 1. The summed E-state index contributed by atoms with van der Waals surface area (Å²) in [5, 5.41) is 23.8. The van der Waals surface area contributed by atoms with E-state index in [0.717, 1.165) is 51.4 Å². The third kappa shape index (κ3) is 44.9. The smallest absolute Gasteiger partial charge is 0.306 e. The van der Waals surface area contributed by atoms with Crippen LogP contribution in [-0.4, -0.2) is 46.9 Å². The predicted molar refractivity (Wildman–Crippen MR) is 269 cm³/mol. The first-order valence-corrected chi connectivity index (χ1v) is 27.6. The van der Waals surface area contributed by atoms with Crippen molar-refractivity contribution in [2.75, 3.05) is 6.61 Å². The minimum Gasteiger partial charge on any atom is -0.458 e. The summed E-state index contributed by atoms with van der Waals surface area (Å²) >= 11 is 0. The quantitative estimate of drug-likeness (QED) is 0.0321. The van der Waals surface area contributed by atoms with Crippen molar-refractivity contribution < 1.29 is 24.5 Å². The van der Waals surface area contributed by atoms with Gasteiger partial charge in [-0.25, -0.2) is 0 Å². The Kier molecular flexibility index (Phi) is 49.0. The van der Waals surface area contributed by atoms with E-state index in [9.17, 15) is 19.8 Å². The molecule has 0 fully saturated rings. The number of nitrogens with one attached hydrogen (secondary N) is 1. The number of aliphatic hydroxyl groups is 2. The Morgan fingerprint density at radius 2 is 0.855 bits per heavy atom. The summed E-state index contributed by atoms with van der Waals surface area (Å²) in [6, 6.07) is -0.728. The van der Waals surface area contributed by atoms with Gasteiger partial charge >= 0.3 is 5.97 Å². The summed E-state index contributed by atoms with van der Waals surface area (Å²) in [5.41, 5.74) is 0. The van der Waals surface area contributed by atoms with Crippen LogP contribution in [0.15, 0.2) is 24.3 Å². The van der Waals surface area contributed by atoms with Crippen molar-refractivity contribution in [1.82, 2.24) is 5.32 Å².